The molecule has 1 unspecified atom stereocenters. The lowest BCUT2D eigenvalue weighted by Gasteiger charge is -2.47. The van der Waals surface area contributed by atoms with Gasteiger partial charge in [-0.15, -0.1) is 0 Å². The van der Waals surface area contributed by atoms with Crippen molar-refractivity contribution in [2.45, 2.75) is 11.8 Å². The molecule has 2 aliphatic heterocycles. The molecule has 0 saturated carbocycles. The maximum atomic E-state index is 13.4. The van der Waals surface area contributed by atoms with Crippen LogP contribution < -0.4 is 11.1 Å². The third-order valence-electron chi connectivity index (χ3n) is 5.89. The molecule has 27 heavy (non-hydrogen) atoms. The van der Waals surface area contributed by atoms with Gasteiger partial charge in [-0.1, -0.05) is 18.2 Å². The standard InChI is InChI=1S/C20H16N6O/c1-26-7-6-12-13(8-21)17(24)19(10-22,11-23)20(15(12)9-26)14-4-2-3-5-16(14)25-18(20)27/h2-5H,6-7,9,24H2,1H3,(H,25,27). The van der Waals surface area contributed by atoms with Crippen LogP contribution in [-0.2, 0) is 10.2 Å². The third kappa shape index (κ3) is 1.73. The zero-order valence-corrected chi connectivity index (χ0v) is 14.7. The maximum Gasteiger partial charge on any atom is 0.242 e. The van der Waals surface area contributed by atoms with Crippen molar-refractivity contribution in [3.63, 3.8) is 0 Å². The number of allylic oxidation sites excluding steroid dienone is 2. The number of likely N-dealkylation sites (N-methyl/N-ethyl adjacent to an activating group) is 1. The van der Waals surface area contributed by atoms with Crippen molar-refractivity contribution in [1.82, 2.24) is 4.90 Å². The Morgan fingerprint density at radius 1 is 1.22 bits per heavy atom. The molecule has 1 atom stereocenters. The lowest BCUT2D eigenvalue weighted by Crippen LogP contribution is -2.58. The highest BCUT2D eigenvalue weighted by Crippen LogP contribution is 2.60. The molecule has 2 heterocycles. The number of nitriles is 3. The van der Waals surface area contributed by atoms with E-state index in [2.05, 4.69) is 11.4 Å². The number of carbonyl (C=O) groups excluding carboxylic acids is 1. The van der Waals surface area contributed by atoms with Gasteiger partial charge in [-0.2, -0.15) is 15.8 Å². The van der Waals surface area contributed by atoms with Crippen LogP contribution in [0.2, 0.25) is 0 Å². The van der Waals surface area contributed by atoms with Crippen LogP contribution in [0.4, 0.5) is 5.69 Å². The first-order chi connectivity index (χ1) is 13.0. The van der Waals surface area contributed by atoms with Gasteiger partial charge >= 0.3 is 0 Å². The Labute approximate surface area is 156 Å². The van der Waals surface area contributed by atoms with E-state index in [0.29, 0.717) is 41.9 Å². The summed E-state index contributed by atoms with van der Waals surface area (Å²) in [6.45, 7) is 1.07. The number of benzene rings is 1. The first-order valence-electron chi connectivity index (χ1n) is 8.53. The number of fused-ring (bicyclic) bond motifs is 3. The van der Waals surface area contributed by atoms with Crippen LogP contribution in [0.3, 0.4) is 0 Å². The van der Waals surface area contributed by atoms with Crippen molar-refractivity contribution >= 4 is 11.6 Å². The minimum atomic E-state index is -1.99. The van der Waals surface area contributed by atoms with Crippen LogP contribution in [0.25, 0.3) is 0 Å². The van der Waals surface area contributed by atoms with E-state index < -0.39 is 16.7 Å². The molecule has 0 radical (unpaired) electrons. The molecule has 1 amide bonds. The second-order valence-corrected chi connectivity index (χ2v) is 7.07. The molecule has 0 aromatic heterocycles. The quantitative estimate of drug-likeness (QED) is 0.720. The van der Waals surface area contributed by atoms with E-state index in [-0.39, 0.29) is 11.3 Å². The highest BCUT2D eigenvalue weighted by atomic mass is 16.2. The number of amides is 1. The van der Waals surface area contributed by atoms with Gasteiger partial charge in [0.2, 0.25) is 11.3 Å². The Hall–Kier alpha value is -3.60. The van der Waals surface area contributed by atoms with E-state index in [1.807, 2.05) is 24.1 Å². The van der Waals surface area contributed by atoms with Gasteiger partial charge in [-0.25, -0.2) is 0 Å². The van der Waals surface area contributed by atoms with Crippen LogP contribution in [0.1, 0.15) is 12.0 Å². The molecule has 1 aliphatic carbocycles. The zero-order chi connectivity index (χ0) is 19.4. The number of hydrogen-bond donors (Lipinski definition) is 2. The Bertz CT molecular complexity index is 1060. The van der Waals surface area contributed by atoms with Gasteiger partial charge < -0.3 is 16.0 Å². The average Bonchev–Trinajstić information content (AvgIpc) is 2.97. The molecule has 7 heteroatoms. The summed E-state index contributed by atoms with van der Waals surface area (Å²) in [5, 5.41) is 32.8. The summed E-state index contributed by atoms with van der Waals surface area (Å²) in [5.74, 6) is -0.450. The first-order valence-corrected chi connectivity index (χ1v) is 8.53. The highest BCUT2D eigenvalue weighted by molar-refractivity contribution is 6.11. The van der Waals surface area contributed by atoms with Crippen molar-refractivity contribution < 1.29 is 4.79 Å². The molecular weight excluding hydrogens is 340 g/mol. The Kier molecular flexibility index (Phi) is 3.40. The van der Waals surface area contributed by atoms with E-state index in [0.717, 1.165) is 0 Å². The van der Waals surface area contributed by atoms with E-state index >= 15 is 0 Å². The van der Waals surface area contributed by atoms with Crippen molar-refractivity contribution in [3.8, 4) is 18.2 Å². The van der Waals surface area contributed by atoms with Crippen molar-refractivity contribution in [2.24, 2.45) is 11.1 Å². The molecule has 7 nitrogen and oxygen atoms in total. The Balaban J connectivity index is 2.21. The van der Waals surface area contributed by atoms with Gasteiger partial charge in [0.05, 0.1) is 23.4 Å². The SMILES string of the molecule is CN1CCC2=C(C1)C1(C(=O)Nc3ccccc31)C(C#N)(C#N)C(N)=C2C#N. The van der Waals surface area contributed by atoms with Gasteiger partial charge in [-0.05, 0) is 36.2 Å². The number of nitrogens with one attached hydrogen (secondary N) is 1. The Morgan fingerprint density at radius 3 is 2.59 bits per heavy atom. The molecule has 3 aliphatic rings. The molecule has 1 spiro atoms. The molecule has 1 aromatic rings. The van der Waals surface area contributed by atoms with Crippen molar-refractivity contribution in [3.05, 3.63) is 52.2 Å². The van der Waals surface area contributed by atoms with Gasteiger partial charge in [0.1, 0.15) is 11.5 Å². The number of hydrogen-bond acceptors (Lipinski definition) is 6. The summed E-state index contributed by atoms with van der Waals surface area (Å²) in [5.41, 5.74) is 5.17. The van der Waals surface area contributed by atoms with Gasteiger partial charge in [0.15, 0.2) is 0 Å². The smallest absolute Gasteiger partial charge is 0.242 e. The number of rotatable bonds is 0. The topological polar surface area (TPSA) is 130 Å². The second kappa shape index (κ2) is 5.45. The largest absolute Gasteiger partial charge is 0.399 e. The van der Waals surface area contributed by atoms with Gasteiger partial charge in [0.25, 0.3) is 0 Å². The fraction of sp³-hybridized carbons (Fsp3) is 0.300. The molecule has 0 saturated heterocycles. The fourth-order valence-electron chi connectivity index (χ4n) is 4.67. The predicted molar refractivity (Wildman–Crippen MR) is 96.4 cm³/mol. The lowest BCUT2D eigenvalue weighted by molar-refractivity contribution is -0.121. The van der Waals surface area contributed by atoms with E-state index in [1.165, 1.54) is 0 Å². The molecule has 4 rings (SSSR count). The van der Waals surface area contributed by atoms with Crippen LogP contribution in [0.15, 0.2) is 46.7 Å². The molecule has 1 aromatic carbocycles. The zero-order valence-electron chi connectivity index (χ0n) is 14.7. The lowest BCUT2D eigenvalue weighted by atomic mass is 9.51. The number of anilines is 1. The molecule has 0 bridgehead atoms. The van der Waals surface area contributed by atoms with Crippen LogP contribution in [0, 0.1) is 39.4 Å². The number of nitrogens with zero attached hydrogens (tertiary/aromatic N) is 4. The summed E-state index contributed by atoms with van der Waals surface area (Å²) in [6.07, 6.45) is 0.527. The van der Waals surface area contributed by atoms with Crippen LogP contribution in [-0.4, -0.2) is 30.9 Å². The van der Waals surface area contributed by atoms with Gasteiger partial charge in [-0.3, -0.25) is 4.79 Å². The minimum Gasteiger partial charge on any atom is -0.399 e. The summed E-state index contributed by atoms with van der Waals surface area (Å²) in [6, 6.07) is 13.2. The Morgan fingerprint density at radius 2 is 1.93 bits per heavy atom. The normalized spacial score (nSPS) is 25.9. The van der Waals surface area contributed by atoms with Crippen molar-refractivity contribution in [2.75, 3.05) is 25.5 Å². The van der Waals surface area contributed by atoms with E-state index in [4.69, 9.17) is 5.73 Å². The fourth-order valence-corrected chi connectivity index (χ4v) is 4.67. The molecular formula is C20H16N6O. The van der Waals surface area contributed by atoms with Gasteiger partial charge in [0, 0.05) is 18.8 Å². The highest BCUT2D eigenvalue weighted by Gasteiger charge is 2.69. The number of nitrogens with two attached hydrogens (primary N) is 1. The molecule has 132 valence electrons. The van der Waals surface area contributed by atoms with Crippen LogP contribution >= 0.6 is 0 Å². The maximum absolute atomic E-state index is 13.4. The molecule has 3 N–H and O–H groups in total. The number of carbonyl (C=O) groups is 1. The second-order valence-electron chi connectivity index (χ2n) is 7.07. The third-order valence-corrected chi connectivity index (χ3v) is 5.89. The van der Waals surface area contributed by atoms with Crippen LogP contribution in [0.5, 0.6) is 0 Å². The van der Waals surface area contributed by atoms with Crippen molar-refractivity contribution in [1.29, 1.82) is 15.8 Å². The monoisotopic (exact) mass is 356 g/mol. The predicted octanol–water partition coefficient (Wildman–Crippen LogP) is 1.29. The minimum absolute atomic E-state index is 0.134. The average molecular weight is 356 g/mol. The molecule has 0 fully saturated rings. The van der Waals surface area contributed by atoms with E-state index in [9.17, 15) is 20.6 Å². The summed E-state index contributed by atoms with van der Waals surface area (Å²) < 4.78 is 0. The summed E-state index contributed by atoms with van der Waals surface area (Å²) in [7, 11) is 1.91. The summed E-state index contributed by atoms with van der Waals surface area (Å²) in [4.78, 5) is 15.4. The number of para-hydroxylation sites is 1. The summed E-state index contributed by atoms with van der Waals surface area (Å²) >= 11 is 0. The van der Waals surface area contributed by atoms with E-state index in [1.54, 1.807) is 24.3 Å². The first kappa shape index (κ1) is 16.8.